The van der Waals surface area contributed by atoms with E-state index in [1.165, 1.54) is 0 Å². The number of carbonyl (C=O) groups excluding carboxylic acids is 3. The number of rotatable bonds is 8. The summed E-state index contributed by atoms with van der Waals surface area (Å²) in [5.74, 6) is -1.83. The van der Waals surface area contributed by atoms with Gasteiger partial charge in [-0.25, -0.2) is 12.8 Å². The number of aryl methyl sites for hydroxylation is 1. The Morgan fingerprint density at radius 1 is 1.10 bits per heavy atom. The first-order chi connectivity index (χ1) is 18.5. The van der Waals surface area contributed by atoms with Crippen LogP contribution in [0.25, 0.3) is 10.9 Å². The first kappa shape index (κ1) is 28.4. The Labute approximate surface area is 227 Å². The fourth-order valence-electron chi connectivity index (χ4n) is 4.82. The average Bonchev–Trinajstić information content (AvgIpc) is 3.11. The van der Waals surface area contributed by atoms with Crippen molar-refractivity contribution >= 4 is 38.5 Å². The van der Waals surface area contributed by atoms with Gasteiger partial charge in [0.15, 0.2) is 5.78 Å². The molecule has 2 aromatic carbocycles. The van der Waals surface area contributed by atoms with Gasteiger partial charge >= 0.3 is 0 Å². The number of hydrogen-bond donors (Lipinski definition) is 2. The lowest BCUT2D eigenvalue weighted by Gasteiger charge is -2.23. The van der Waals surface area contributed by atoms with Crippen molar-refractivity contribution in [3.05, 3.63) is 66.1 Å². The molecule has 2 amide bonds. The second-order valence-corrected chi connectivity index (χ2v) is 12.2. The summed E-state index contributed by atoms with van der Waals surface area (Å²) in [4.78, 5) is 39.4. The zero-order valence-electron chi connectivity index (χ0n) is 22.2. The molecular formula is C28H33FN4O5S. The quantitative estimate of drug-likeness (QED) is 0.442. The molecule has 208 valence electrons. The number of halogens is 1. The Bertz CT molecular complexity index is 1480. The van der Waals surface area contributed by atoms with Crippen molar-refractivity contribution in [3.8, 4) is 0 Å². The van der Waals surface area contributed by atoms with Crippen LogP contribution in [0, 0.1) is 11.7 Å². The molecule has 1 aliphatic heterocycles. The van der Waals surface area contributed by atoms with Crippen LogP contribution in [0.4, 0.5) is 4.39 Å². The summed E-state index contributed by atoms with van der Waals surface area (Å²) in [6, 6.07) is 12.0. The molecule has 0 spiro atoms. The molecule has 0 saturated carbocycles. The number of sulfonamides is 1. The van der Waals surface area contributed by atoms with Gasteiger partial charge < -0.3 is 15.2 Å². The van der Waals surface area contributed by atoms with Crippen LogP contribution in [0.1, 0.15) is 43.6 Å². The minimum atomic E-state index is -4.01. The van der Waals surface area contributed by atoms with Gasteiger partial charge in [0.25, 0.3) is 5.91 Å². The summed E-state index contributed by atoms with van der Waals surface area (Å²) in [6.07, 6.45) is 0.952. The molecule has 4 rings (SSSR count). The van der Waals surface area contributed by atoms with E-state index < -0.39 is 52.1 Å². The number of nitrogens with zero attached hydrogens (tertiary/aromatic N) is 2. The molecule has 0 bridgehead atoms. The SMILES string of the molecule is CC(C)C[C@H](NC(=O)c1cc2ccccc2n1C)C(=O)N[C@H]1CCCN(S(=O)(=O)c2ccc(F)cc2)CC1=O. The molecule has 1 aliphatic rings. The second kappa shape index (κ2) is 11.7. The maximum atomic E-state index is 13.3. The van der Waals surface area contributed by atoms with E-state index in [-0.39, 0.29) is 23.8 Å². The van der Waals surface area contributed by atoms with Crippen LogP contribution in [-0.2, 0) is 26.7 Å². The number of amides is 2. The number of hydrogen-bond acceptors (Lipinski definition) is 5. The highest BCUT2D eigenvalue weighted by atomic mass is 32.2. The van der Waals surface area contributed by atoms with Crippen molar-refractivity contribution in [1.29, 1.82) is 0 Å². The summed E-state index contributed by atoms with van der Waals surface area (Å²) in [5.41, 5.74) is 1.29. The molecular weight excluding hydrogens is 523 g/mol. The summed E-state index contributed by atoms with van der Waals surface area (Å²) in [5, 5.41) is 6.48. The number of ketones is 1. The lowest BCUT2D eigenvalue weighted by molar-refractivity contribution is -0.129. The molecule has 39 heavy (non-hydrogen) atoms. The zero-order valence-corrected chi connectivity index (χ0v) is 23.0. The van der Waals surface area contributed by atoms with Crippen molar-refractivity contribution in [2.45, 2.75) is 50.1 Å². The average molecular weight is 557 g/mol. The van der Waals surface area contributed by atoms with E-state index in [0.717, 1.165) is 39.5 Å². The first-order valence-electron chi connectivity index (χ1n) is 12.9. The van der Waals surface area contributed by atoms with Crippen LogP contribution in [0.15, 0.2) is 59.5 Å². The Kier molecular flexibility index (Phi) is 8.51. The summed E-state index contributed by atoms with van der Waals surface area (Å²) < 4.78 is 42.1. The van der Waals surface area contributed by atoms with Crippen LogP contribution in [0.3, 0.4) is 0 Å². The highest BCUT2D eigenvalue weighted by Crippen LogP contribution is 2.21. The second-order valence-electron chi connectivity index (χ2n) is 10.3. The predicted octanol–water partition coefficient (Wildman–Crippen LogP) is 3.00. The van der Waals surface area contributed by atoms with Crippen molar-refractivity contribution in [2.24, 2.45) is 13.0 Å². The van der Waals surface area contributed by atoms with Gasteiger partial charge in [0.05, 0.1) is 17.5 Å². The van der Waals surface area contributed by atoms with Gasteiger partial charge in [0, 0.05) is 24.5 Å². The molecule has 2 atom stereocenters. The Morgan fingerprint density at radius 2 is 1.79 bits per heavy atom. The maximum absolute atomic E-state index is 13.3. The molecule has 3 aromatic rings. The number of aromatic nitrogens is 1. The number of carbonyl (C=O) groups is 3. The van der Waals surface area contributed by atoms with Gasteiger partial charge in [-0.1, -0.05) is 32.0 Å². The van der Waals surface area contributed by atoms with Gasteiger partial charge in [-0.15, -0.1) is 0 Å². The van der Waals surface area contributed by atoms with E-state index in [2.05, 4.69) is 10.6 Å². The van der Waals surface area contributed by atoms with E-state index >= 15 is 0 Å². The van der Waals surface area contributed by atoms with Crippen molar-refractivity contribution < 1.29 is 27.2 Å². The molecule has 1 fully saturated rings. The highest BCUT2D eigenvalue weighted by Gasteiger charge is 2.34. The molecule has 2 N–H and O–H groups in total. The molecule has 11 heteroatoms. The largest absolute Gasteiger partial charge is 0.344 e. The van der Waals surface area contributed by atoms with E-state index in [0.29, 0.717) is 18.5 Å². The Hall–Kier alpha value is -3.57. The van der Waals surface area contributed by atoms with Gasteiger partial charge in [-0.2, -0.15) is 4.31 Å². The highest BCUT2D eigenvalue weighted by molar-refractivity contribution is 7.89. The third kappa shape index (κ3) is 6.36. The molecule has 2 heterocycles. The number of fused-ring (bicyclic) bond motifs is 1. The van der Waals surface area contributed by atoms with Gasteiger partial charge in [0.2, 0.25) is 15.9 Å². The zero-order chi connectivity index (χ0) is 28.3. The van der Waals surface area contributed by atoms with Crippen LogP contribution < -0.4 is 10.6 Å². The first-order valence-corrected chi connectivity index (χ1v) is 14.4. The number of nitrogens with one attached hydrogen (secondary N) is 2. The summed E-state index contributed by atoms with van der Waals surface area (Å²) in [7, 11) is -2.22. The van der Waals surface area contributed by atoms with Crippen LogP contribution in [-0.4, -0.2) is 60.1 Å². The standard InChI is InChI=1S/C28H33FN4O5S/c1-18(2)15-23(31-28(36)25-16-19-7-4-5-9-24(19)32(25)3)27(35)30-22-8-6-14-33(17-26(22)34)39(37,38)21-12-10-20(29)11-13-21/h4-5,7,9-13,16,18,22-23H,6,8,14-15,17H2,1-3H3,(H,30,35)(H,31,36)/t22-,23-/m0/s1. The fraction of sp³-hybridized carbons (Fsp3) is 0.393. The Balaban J connectivity index is 1.46. The summed E-state index contributed by atoms with van der Waals surface area (Å²) >= 11 is 0. The molecule has 0 unspecified atom stereocenters. The monoisotopic (exact) mass is 556 g/mol. The maximum Gasteiger partial charge on any atom is 0.268 e. The molecule has 1 aromatic heterocycles. The molecule has 0 radical (unpaired) electrons. The minimum absolute atomic E-state index is 0.0784. The van der Waals surface area contributed by atoms with Crippen molar-refractivity contribution in [1.82, 2.24) is 19.5 Å². The summed E-state index contributed by atoms with van der Waals surface area (Å²) in [6.45, 7) is 3.53. The van der Waals surface area contributed by atoms with Crippen LogP contribution in [0.2, 0.25) is 0 Å². The lowest BCUT2D eigenvalue weighted by atomic mass is 10.0. The van der Waals surface area contributed by atoms with E-state index in [1.54, 1.807) is 17.7 Å². The Morgan fingerprint density at radius 3 is 2.46 bits per heavy atom. The topological polar surface area (TPSA) is 118 Å². The van der Waals surface area contributed by atoms with Crippen LogP contribution in [0.5, 0.6) is 0 Å². The number of benzene rings is 2. The fourth-order valence-corrected chi connectivity index (χ4v) is 6.27. The normalized spacial score (nSPS) is 17.7. The number of Topliss-reactive ketones (excluding diaryl/α,β-unsaturated/α-hetero) is 1. The molecule has 9 nitrogen and oxygen atoms in total. The lowest BCUT2D eigenvalue weighted by Crippen LogP contribution is -2.52. The minimum Gasteiger partial charge on any atom is -0.344 e. The van der Waals surface area contributed by atoms with Crippen molar-refractivity contribution in [2.75, 3.05) is 13.1 Å². The van der Waals surface area contributed by atoms with E-state index in [4.69, 9.17) is 0 Å². The van der Waals surface area contributed by atoms with Gasteiger partial charge in [-0.3, -0.25) is 14.4 Å². The third-order valence-corrected chi connectivity index (χ3v) is 8.76. The number of para-hydroxylation sites is 1. The van der Waals surface area contributed by atoms with Gasteiger partial charge in [0.1, 0.15) is 17.6 Å². The van der Waals surface area contributed by atoms with E-state index in [1.807, 2.05) is 38.1 Å². The molecule has 0 aliphatic carbocycles. The van der Waals surface area contributed by atoms with Gasteiger partial charge in [-0.05, 0) is 61.6 Å². The van der Waals surface area contributed by atoms with E-state index in [9.17, 15) is 27.2 Å². The third-order valence-electron chi connectivity index (χ3n) is 6.90. The molecule has 1 saturated heterocycles. The predicted molar refractivity (Wildman–Crippen MR) is 145 cm³/mol. The van der Waals surface area contributed by atoms with Crippen molar-refractivity contribution in [3.63, 3.8) is 0 Å². The van der Waals surface area contributed by atoms with Crippen LogP contribution >= 0.6 is 0 Å². The smallest absolute Gasteiger partial charge is 0.268 e.